The molecule has 3 N–H and O–H groups in total. The van der Waals surface area contributed by atoms with Gasteiger partial charge in [0.2, 0.25) is 0 Å². The van der Waals surface area contributed by atoms with Crippen LogP contribution in [0.25, 0.3) is 11.1 Å². The van der Waals surface area contributed by atoms with Crippen LogP contribution in [-0.2, 0) is 11.2 Å². The number of rotatable bonds is 8. The summed E-state index contributed by atoms with van der Waals surface area (Å²) in [6, 6.07) is 14.8. The molecule has 2 aromatic rings. The Kier molecular flexibility index (Phi) is 6.94. The fourth-order valence-electron chi connectivity index (χ4n) is 3.11. The van der Waals surface area contributed by atoms with Gasteiger partial charge in [-0.3, -0.25) is 9.88 Å². The van der Waals surface area contributed by atoms with Gasteiger partial charge in [0.05, 0.1) is 12.0 Å². The summed E-state index contributed by atoms with van der Waals surface area (Å²) in [5, 5.41) is 21.9. The van der Waals surface area contributed by atoms with E-state index in [1.807, 2.05) is 0 Å². The van der Waals surface area contributed by atoms with E-state index in [-0.39, 0.29) is 12.6 Å². The Hall–Kier alpha value is -1.74. The lowest BCUT2D eigenvalue weighted by atomic mass is 9.83. The van der Waals surface area contributed by atoms with Crippen LogP contribution in [0.1, 0.15) is 30.0 Å². The maximum atomic E-state index is 11.4. The number of nitrogens with one attached hydrogen (secondary N) is 1. The van der Waals surface area contributed by atoms with Gasteiger partial charge in [0.15, 0.2) is 0 Å². The zero-order chi connectivity index (χ0) is 19.3. The second-order valence-corrected chi connectivity index (χ2v) is 7.64. The summed E-state index contributed by atoms with van der Waals surface area (Å²) in [5.74, 6) is -0.976. The van der Waals surface area contributed by atoms with Crippen molar-refractivity contribution in [3.63, 3.8) is 0 Å². The lowest BCUT2D eigenvalue weighted by Crippen LogP contribution is -2.39. The Balaban J connectivity index is 2.15. The first kappa shape index (κ1) is 20.6. The largest absolute Gasteiger partial charge is 0.481 e. The van der Waals surface area contributed by atoms with Gasteiger partial charge in [-0.15, -0.1) is 0 Å². The standard InChI is InChI=1S/C21H28NO3P/c1-14-4-5-15(2)19(10-14)17-8-6-16(7-9-17)11-18(22-26)12-21(3,13-23)20(24)25/h4-10,18,22-23H,11-13,26H2,1-3H3,(H,24,25)/t18-,21+/m1/s1. The number of benzene rings is 2. The lowest BCUT2D eigenvalue weighted by molar-refractivity contribution is -0.151. The van der Waals surface area contributed by atoms with Gasteiger partial charge < -0.3 is 10.2 Å². The number of hydrogen-bond acceptors (Lipinski definition) is 3. The Morgan fingerprint density at radius 3 is 2.38 bits per heavy atom. The molecule has 0 saturated carbocycles. The fourth-order valence-corrected chi connectivity index (χ4v) is 3.34. The summed E-state index contributed by atoms with van der Waals surface area (Å²) >= 11 is 0. The van der Waals surface area contributed by atoms with Crippen LogP contribution in [0.3, 0.4) is 0 Å². The molecule has 0 bridgehead atoms. The molecule has 0 radical (unpaired) electrons. The Morgan fingerprint density at radius 1 is 1.19 bits per heavy atom. The van der Waals surface area contributed by atoms with Gasteiger partial charge in [-0.2, -0.15) is 0 Å². The molecule has 0 saturated heterocycles. The van der Waals surface area contributed by atoms with Crippen molar-refractivity contribution in [3.8, 4) is 11.1 Å². The average molecular weight is 373 g/mol. The van der Waals surface area contributed by atoms with Crippen LogP contribution < -0.4 is 5.09 Å². The molecule has 0 aromatic heterocycles. The normalized spacial score (nSPS) is 14.7. The van der Waals surface area contributed by atoms with Crippen molar-refractivity contribution in [1.82, 2.24) is 5.09 Å². The molecule has 0 aliphatic heterocycles. The van der Waals surface area contributed by atoms with Gasteiger partial charge in [-0.05, 0) is 55.9 Å². The number of aliphatic carboxylic acids is 1. The maximum Gasteiger partial charge on any atom is 0.311 e. The lowest BCUT2D eigenvalue weighted by Gasteiger charge is -2.27. The molecule has 3 atom stereocenters. The van der Waals surface area contributed by atoms with E-state index in [4.69, 9.17) is 0 Å². The van der Waals surface area contributed by atoms with E-state index < -0.39 is 11.4 Å². The fraction of sp³-hybridized carbons (Fsp3) is 0.381. The van der Waals surface area contributed by atoms with Crippen molar-refractivity contribution in [3.05, 3.63) is 59.2 Å². The molecule has 4 nitrogen and oxygen atoms in total. The quantitative estimate of drug-likeness (QED) is 0.617. The molecule has 2 aromatic carbocycles. The van der Waals surface area contributed by atoms with Crippen molar-refractivity contribution >= 4 is 15.4 Å². The minimum atomic E-state index is -1.15. The maximum absolute atomic E-state index is 11.4. The smallest absolute Gasteiger partial charge is 0.311 e. The number of carboxylic acids is 1. The van der Waals surface area contributed by atoms with Crippen LogP contribution >= 0.6 is 9.39 Å². The van der Waals surface area contributed by atoms with Crippen LogP contribution in [0.5, 0.6) is 0 Å². The summed E-state index contributed by atoms with van der Waals surface area (Å²) in [5.41, 5.74) is 4.87. The summed E-state index contributed by atoms with van der Waals surface area (Å²) in [4.78, 5) is 11.4. The summed E-state index contributed by atoms with van der Waals surface area (Å²) in [6.45, 7) is 5.40. The number of aliphatic hydroxyl groups is 1. The van der Waals surface area contributed by atoms with Crippen LogP contribution in [0.2, 0.25) is 0 Å². The van der Waals surface area contributed by atoms with E-state index in [1.54, 1.807) is 6.92 Å². The number of aliphatic hydroxyl groups excluding tert-OH is 1. The van der Waals surface area contributed by atoms with Gasteiger partial charge in [-0.1, -0.05) is 57.4 Å². The molecule has 0 heterocycles. The second kappa shape index (κ2) is 8.77. The monoisotopic (exact) mass is 373 g/mol. The molecule has 5 heteroatoms. The third kappa shape index (κ3) is 4.91. The third-order valence-corrected chi connectivity index (χ3v) is 5.41. The number of hydrogen-bond donors (Lipinski definition) is 3. The van der Waals surface area contributed by atoms with Crippen molar-refractivity contribution in [2.24, 2.45) is 5.41 Å². The highest BCUT2D eigenvalue weighted by Gasteiger charge is 2.34. The van der Waals surface area contributed by atoms with Gasteiger partial charge in [0.25, 0.3) is 0 Å². The minimum Gasteiger partial charge on any atom is -0.481 e. The van der Waals surface area contributed by atoms with Gasteiger partial charge in [-0.25, -0.2) is 0 Å². The zero-order valence-electron chi connectivity index (χ0n) is 15.6. The predicted octanol–water partition coefficient (Wildman–Crippen LogP) is 3.73. The molecular weight excluding hydrogens is 345 g/mol. The topological polar surface area (TPSA) is 69.6 Å². The summed E-state index contributed by atoms with van der Waals surface area (Å²) in [6.07, 6.45) is 1.04. The zero-order valence-corrected chi connectivity index (χ0v) is 16.8. The predicted molar refractivity (Wildman–Crippen MR) is 109 cm³/mol. The van der Waals surface area contributed by atoms with Gasteiger partial charge in [0.1, 0.15) is 0 Å². The van der Waals surface area contributed by atoms with Crippen LogP contribution in [0.15, 0.2) is 42.5 Å². The highest BCUT2D eigenvalue weighted by Crippen LogP contribution is 2.27. The van der Waals surface area contributed by atoms with Crippen LogP contribution in [-0.4, -0.2) is 28.8 Å². The Morgan fingerprint density at radius 2 is 1.85 bits per heavy atom. The van der Waals surface area contributed by atoms with Crippen molar-refractivity contribution in [2.45, 2.75) is 39.7 Å². The molecule has 26 heavy (non-hydrogen) atoms. The van der Waals surface area contributed by atoms with Gasteiger partial charge >= 0.3 is 5.97 Å². The van der Waals surface area contributed by atoms with Crippen molar-refractivity contribution < 1.29 is 15.0 Å². The molecule has 0 amide bonds. The molecule has 140 valence electrons. The van der Waals surface area contributed by atoms with E-state index in [2.05, 4.69) is 70.8 Å². The Bertz CT molecular complexity index is 760. The molecule has 0 aliphatic rings. The van der Waals surface area contributed by atoms with E-state index >= 15 is 0 Å². The van der Waals surface area contributed by atoms with Gasteiger partial charge in [0, 0.05) is 6.04 Å². The first-order valence-corrected chi connectivity index (χ1v) is 9.34. The molecule has 2 rings (SSSR count). The first-order chi connectivity index (χ1) is 12.3. The van der Waals surface area contributed by atoms with E-state index in [0.717, 1.165) is 5.56 Å². The highest BCUT2D eigenvalue weighted by molar-refractivity contribution is 7.13. The number of carbonyl (C=O) groups is 1. The molecule has 0 fully saturated rings. The Labute approximate surface area is 157 Å². The highest BCUT2D eigenvalue weighted by atomic mass is 31.0. The van der Waals surface area contributed by atoms with Crippen molar-refractivity contribution in [2.75, 3.05) is 6.61 Å². The minimum absolute atomic E-state index is 0.0557. The summed E-state index contributed by atoms with van der Waals surface area (Å²) < 4.78 is 0. The van der Waals surface area contributed by atoms with E-state index in [9.17, 15) is 15.0 Å². The molecular formula is C21H28NO3P. The van der Waals surface area contributed by atoms with E-state index in [0.29, 0.717) is 12.8 Å². The average Bonchev–Trinajstić information content (AvgIpc) is 2.63. The molecule has 1 unspecified atom stereocenters. The van der Waals surface area contributed by atoms with E-state index in [1.165, 1.54) is 22.3 Å². The van der Waals surface area contributed by atoms with Crippen LogP contribution in [0.4, 0.5) is 0 Å². The van der Waals surface area contributed by atoms with Crippen molar-refractivity contribution in [1.29, 1.82) is 0 Å². The SMILES string of the molecule is Cc1ccc(C)c(-c2ccc(C[C@H](C[C@@](C)(CO)C(=O)O)NP)cc2)c1. The second-order valence-electron chi connectivity index (χ2n) is 7.31. The summed E-state index contributed by atoms with van der Waals surface area (Å²) in [7, 11) is 2.46. The third-order valence-electron chi connectivity index (χ3n) is 4.94. The number of carboxylic acid groups (broad SMARTS) is 1. The number of aryl methyl sites for hydroxylation is 2. The first-order valence-electron chi connectivity index (χ1n) is 8.76. The molecule has 0 spiro atoms. The van der Waals surface area contributed by atoms with Crippen LogP contribution in [0, 0.1) is 19.3 Å². The molecule has 0 aliphatic carbocycles.